The van der Waals surface area contributed by atoms with E-state index in [0.29, 0.717) is 17.3 Å². The quantitative estimate of drug-likeness (QED) is 0.797. The maximum Gasteiger partial charge on any atom is 0.336 e. The van der Waals surface area contributed by atoms with Crippen LogP contribution in [-0.4, -0.2) is 21.8 Å². The van der Waals surface area contributed by atoms with Gasteiger partial charge >= 0.3 is 5.97 Å². The lowest BCUT2D eigenvalue weighted by Gasteiger charge is -2.07. The lowest BCUT2D eigenvalue weighted by molar-refractivity contribution is -0.116. The van der Waals surface area contributed by atoms with Crippen LogP contribution in [0.5, 0.6) is 0 Å². The largest absolute Gasteiger partial charge is 0.478 e. The number of ketones is 1. The topological polar surface area (TPSA) is 67.3 Å². The average molecular weight is 305 g/mol. The van der Waals surface area contributed by atoms with Gasteiger partial charge in [0.2, 0.25) is 0 Å². The van der Waals surface area contributed by atoms with E-state index in [0.717, 1.165) is 16.7 Å². The van der Waals surface area contributed by atoms with E-state index in [9.17, 15) is 14.7 Å². The Morgan fingerprint density at radius 2 is 1.70 bits per heavy atom. The summed E-state index contributed by atoms with van der Waals surface area (Å²) in [5, 5.41) is 9.92. The van der Waals surface area contributed by atoms with Crippen LogP contribution >= 0.6 is 0 Å². The van der Waals surface area contributed by atoms with Crippen molar-refractivity contribution >= 4 is 22.7 Å². The van der Waals surface area contributed by atoms with Gasteiger partial charge in [-0.1, -0.05) is 30.3 Å². The van der Waals surface area contributed by atoms with Crippen LogP contribution in [0, 0.1) is 0 Å². The molecule has 3 rings (SSSR count). The molecule has 0 amide bonds. The highest BCUT2D eigenvalue weighted by Gasteiger charge is 2.10. The van der Waals surface area contributed by atoms with Gasteiger partial charge in [0.25, 0.3) is 0 Å². The highest BCUT2D eigenvalue weighted by atomic mass is 16.4. The SMILES string of the molecule is CC(=O)Cc1ccc(-c2ccc3nccc(C(=O)O)c3c2)cc1. The van der Waals surface area contributed by atoms with Gasteiger partial charge in [0, 0.05) is 18.0 Å². The Labute approximate surface area is 133 Å². The Morgan fingerprint density at radius 1 is 1.00 bits per heavy atom. The van der Waals surface area contributed by atoms with Crippen molar-refractivity contribution in [2.24, 2.45) is 0 Å². The number of hydrogen-bond acceptors (Lipinski definition) is 3. The van der Waals surface area contributed by atoms with Crippen LogP contribution in [0.2, 0.25) is 0 Å². The molecule has 114 valence electrons. The summed E-state index contributed by atoms with van der Waals surface area (Å²) < 4.78 is 0. The van der Waals surface area contributed by atoms with Crippen LogP contribution in [0.25, 0.3) is 22.0 Å². The number of rotatable bonds is 4. The second-order valence-corrected chi connectivity index (χ2v) is 5.47. The zero-order valence-electron chi connectivity index (χ0n) is 12.6. The summed E-state index contributed by atoms with van der Waals surface area (Å²) in [5.74, 6) is -0.841. The van der Waals surface area contributed by atoms with Crippen LogP contribution < -0.4 is 0 Å². The minimum atomic E-state index is -0.966. The first-order valence-electron chi connectivity index (χ1n) is 7.25. The summed E-state index contributed by atoms with van der Waals surface area (Å²) in [6, 6.07) is 14.8. The number of fused-ring (bicyclic) bond motifs is 1. The van der Waals surface area contributed by atoms with Crippen molar-refractivity contribution in [3.63, 3.8) is 0 Å². The second-order valence-electron chi connectivity index (χ2n) is 5.47. The number of carboxylic acids is 1. The molecule has 1 aromatic heterocycles. The number of carbonyl (C=O) groups excluding carboxylic acids is 1. The normalized spacial score (nSPS) is 10.7. The zero-order valence-corrected chi connectivity index (χ0v) is 12.6. The van der Waals surface area contributed by atoms with Crippen LogP contribution in [-0.2, 0) is 11.2 Å². The third-order valence-corrected chi connectivity index (χ3v) is 3.71. The molecule has 4 nitrogen and oxygen atoms in total. The fourth-order valence-corrected chi connectivity index (χ4v) is 2.61. The summed E-state index contributed by atoms with van der Waals surface area (Å²) in [6.07, 6.45) is 1.92. The molecule has 4 heteroatoms. The number of carboxylic acid groups (broad SMARTS) is 1. The fraction of sp³-hybridized carbons (Fsp3) is 0.105. The van der Waals surface area contributed by atoms with Gasteiger partial charge in [-0.15, -0.1) is 0 Å². The molecule has 2 aromatic carbocycles. The van der Waals surface area contributed by atoms with Gasteiger partial charge in [-0.2, -0.15) is 0 Å². The van der Waals surface area contributed by atoms with Gasteiger partial charge in [0.15, 0.2) is 0 Å². The number of aromatic nitrogens is 1. The summed E-state index contributed by atoms with van der Waals surface area (Å²) >= 11 is 0. The first kappa shape index (κ1) is 14.9. The van der Waals surface area contributed by atoms with Crippen LogP contribution in [0.4, 0.5) is 0 Å². The maximum atomic E-state index is 11.4. The highest BCUT2D eigenvalue weighted by Crippen LogP contribution is 2.26. The first-order valence-corrected chi connectivity index (χ1v) is 7.25. The zero-order chi connectivity index (χ0) is 16.4. The molecule has 3 aromatic rings. The number of Topliss-reactive ketones (excluding diaryl/α,β-unsaturated/α-hetero) is 1. The van der Waals surface area contributed by atoms with E-state index < -0.39 is 5.97 Å². The lowest BCUT2D eigenvalue weighted by atomic mass is 9.99. The van der Waals surface area contributed by atoms with Crippen molar-refractivity contribution in [2.75, 3.05) is 0 Å². The standard InChI is InChI=1S/C19H15NO3/c1-12(21)10-13-2-4-14(5-3-13)15-6-7-18-17(11-15)16(19(22)23)8-9-20-18/h2-9,11H,10H2,1H3,(H,22,23). The van der Waals surface area contributed by atoms with Gasteiger partial charge in [-0.3, -0.25) is 9.78 Å². The molecule has 0 aliphatic carbocycles. The predicted molar refractivity (Wildman–Crippen MR) is 88.5 cm³/mol. The third-order valence-electron chi connectivity index (χ3n) is 3.71. The Balaban J connectivity index is 2.04. The minimum absolute atomic E-state index is 0.126. The van der Waals surface area contributed by atoms with E-state index in [2.05, 4.69) is 4.98 Å². The van der Waals surface area contributed by atoms with Crippen molar-refractivity contribution in [1.29, 1.82) is 0 Å². The third kappa shape index (κ3) is 3.11. The molecule has 1 heterocycles. The monoisotopic (exact) mass is 305 g/mol. The van der Waals surface area contributed by atoms with Gasteiger partial charge in [-0.25, -0.2) is 4.79 Å². The maximum absolute atomic E-state index is 11.4. The summed E-state index contributed by atoms with van der Waals surface area (Å²) in [4.78, 5) is 26.7. The molecule has 0 radical (unpaired) electrons. The molecule has 0 aliphatic heterocycles. The van der Waals surface area contributed by atoms with Gasteiger partial charge in [-0.05, 0) is 41.8 Å². The molecule has 0 unspecified atom stereocenters. The summed E-state index contributed by atoms with van der Waals surface area (Å²) in [6.45, 7) is 1.57. The summed E-state index contributed by atoms with van der Waals surface area (Å²) in [7, 11) is 0. The molecule has 0 atom stereocenters. The van der Waals surface area contributed by atoms with E-state index in [1.54, 1.807) is 6.92 Å². The molecule has 23 heavy (non-hydrogen) atoms. The van der Waals surface area contributed by atoms with Crippen molar-refractivity contribution in [1.82, 2.24) is 4.98 Å². The minimum Gasteiger partial charge on any atom is -0.478 e. The van der Waals surface area contributed by atoms with E-state index in [1.165, 1.54) is 12.3 Å². The van der Waals surface area contributed by atoms with Crippen molar-refractivity contribution in [3.8, 4) is 11.1 Å². The van der Waals surface area contributed by atoms with Gasteiger partial charge in [0.05, 0.1) is 11.1 Å². The number of nitrogens with zero attached hydrogens (tertiary/aromatic N) is 1. The van der Waals surface area contributed by atoms with Gasteiger partial charge < -0.3 is 5.11 Å². The fourth-order valence-electron chi connectivity index (χ4n) is 2.61. The molecule has 0 bridgehead atoms. The van der Waals surface area contributed by atoms with Crippen molar-refractivity contribution < 1.29 is 14.7 Å². The Hall–Kier alpha value is -3.01. The first-order chi connectivity index (χ1) is 11.0. The molecule has 0 saturated carbocycles. The Morgan fingerprint density at radius 3 is 2.35 bits per heavy atom. The summed E-state index contributed by atoms with van der Waals surface area (Å²) in [5.41, 5.74) is 3.75. The van der Waals surface area contributed by atoms with Crippen molar-refractivity contribution in [3.05, 3.63) is 65.9 Å². The lowest BCUT2D eigenvalue weighted by Crippen LogP contribution is -1.98. The Bertz CT molecular complexity index is 898. The molecule has 0 aliphatic rings. The molecular formula is C19H15NO3. The number of aromatic carboxylic acids is 1. The Kier molecular flexibility index (Phi) is 3.89. The number of carbonyl (C=O) groups is 2. The molecule has 0 fully saturated rings. The number of pyridine rings is 1. The van der Waals surface area contributed by atoms with E-state index in [1.807, 2.05) is 42.5 Å². The molecule has 0 saturated heterocycles. The van der Waals surface area contributed by atoms with E-state index in [4.69, 9.17) is 0 Å². The molecular weight excluding hydrogens is 290 g/mol. The van der Waals surface area contributed by atoms with Crippen LogP contribution in [0.15, 0.2) is 54.7 Å². The predicted octanol–water partition coefficient (Wildman–Crippen LogP) is 3.73. The molecule has 1 N–H and O–H groups in total. The molecule has 0 spiro atoms. The van der Waals surface area contributed by atoms with Gasteiger partial charge in [0.1, 0.15) is 5.78 Å². The average Bonchev–Trinajstić information content (AvgIpc) is 2.54. The van der Waals surface area contributed by atoms with E-state index in [-0.39, 0.29) is 11.3 Å². The smallest absolute Gasteiger partial charge is 0.336 e. The second kappa shape index (κ2) is 6.01. The number of hydrogen-bond donors (Lipinski definition) is 1. The van der Waals surface area contributed by atoms with Crippen LogP contribution in [0.3, 0.4) is 0 Å². The van der Waals surface area contributed by atoms with Crippen LogP contribution in [0.1, 0.15) is 22.8 Å². The highest BCUT2D eigenvalue weighted by molar-refractivity contribution is 6.03. The number of benzene rings is 2. The van der Waals surface area contributed by atoms with Crippen molar-refractivity contribution in [2.45, 2.75) is 13.3 Å². The van der Waals surface area contributed by atoms with E-state index >= 15 is 0 Å².